The van der Waals surface area contributed by atoms with Crippen molar-refractivity contribution in [3.05, 3.63) is 0 Å². The van der Waals surface area contributed by atoms with E-state index in [1.807, 2.05) is 6.92 Å². The lowest BCUT2D eigenvalue weighted by molar-refractivity contribution is -0.119. The number of hydrogen-bond acceptors (Lipinski definition) is 3. The molecule has 0 radical (unpaired) electrons. The zero-order valence-electron chi connectivity index (χ0n) is 7.55. The zero-order chi connectivity index (χ0) is 9.40. The molecule has 0 spiro atoms. The molecule has 5 heteroatoms. The molecule has 0 aromatic carbocycles. The molecule has 0 fully saturated rings. The fourth-order valence-electron chi connectivity index (χ4n) is 0.621. The standard InChI is InChI=1S/C7H16N2O2S/c1-3-12(11)5-4-9-6-7(10)8-2/h9H,3-6H2,1-2H3,(H,8,10). The highest BCUT2D eigenvalue weighted by molar-refractivity contribution is 7.84. The Balaban J connectivity index is 3.21. The van der Waals surface area contributed by atoms with Crippen LogP contribution in [0.3, 0.4) is 0 Å². The number of carbonyl (C=O) groups is 1. The molecule has 0 aliphatic heterocycles. The molecule has 4 nitrogen and oxygen atoms in total. The normalized spacial score (nSPS) is 12.5. The molecule has 0 rings (SSSR count). The Morgan fingerprint density at radius 3 is 2.67 bits per heavy atom. The molecule has 0 saturated carbocycles. The van der Waals surface area contributed by atoms with Gasteiger partial charge in [0.2, 0.25) is 5.91 Å². The molecule has 0 aliphatic carbocycles. The summed E-state index contributed by atoms with van der Waals surface area (Å²) in [5.74, 6) is 1.26. The lowest BCUT2D eigenvalue weighted by atomic mass is 10.6. The van der Waals surface area contributed by atoms with E-state index in [9.17, 15) is 9.00 Å². The van der Waals surface area contributed by atoms with Crippen LogP contribution in [0, 0.1) is 0 Å². The van der Waals surface area contributed by atoms with Gasteiger partial charge in [0.05, 0.1) is 6.54 Å². The summed E-state index contributed by atoms with van der Waals surface area (Å²) in [7, 11) is 0.854. The van der Waals surface area contributed by atoms with Crippen LogP contribution < -0.4 is 10.6 Å². The predicted octanol–water partition coefficient (Wildman–Crippen LogP) is -0.909. The summed E-state index contributed by atoms with van der Waals surface area (Å²) in [6.07, 6.45) is 0. The minimum atomic E-state index is -0.738. The third-order valence-corrected chi connectivity index (χ3v) is 2.70. The van der Waals surface area contributed by atoms with Gasteiger partial charge >= 0.3 is 0 Å². The Hall–Kier alpha value is -0.420. The Labute approximate surface area is 75.6 Å². The summed E-state index contributed by atoms with van der Waals surface area (Å²) in [5.41, 5.74) is 0. The van der Waals surface area contributed by atoms with Gasteiger partial charge in [-0.15, -0.1) is 0 Å². The maximum atomic E-state index is 10.9. The molecule has 0 aliphatic rings. The second-order valence-corrected chi connectivity index (χ2v) is 4.15. The molecule has 1 amide bonds. The lowest BCUT2D eigenvalue weighted by Gasteiger charge is -2.02. The van der Waals surface area contributed by atoms with Crippen molar-refractivity contribution in [3.63, 3.8) is 0 Å². The number of likely N-dealkylation sites (N-methyl/N-ethyl adjacent to an activating group) is 1. The van der Waals surface area contributed by atoms with E-state index in [4.69, 9.17) is 0 Å². The van der Waals surface area contributed by atoms with Gasteiger partial charge in [0.25, 0.3) is 0 Å². The zero-order valence-corrected chi connectivity index (χ0v) is 8.37. The highest BCUT2D eigenvalue weighted by Gasteiger charge is 1.97. The second-order valence-electron chi connectivity index (χ2n) is 2.28. The summed E-state index contributed by atoms with van der Waals surface area (Å²) in [5, 5.41) is 5.39. The number of amides is 1. The lowest BCUT2D eigenvalue weighted by Crippen LogP contribution is -2.33. The number of carbonyl (C=O) groups excluding carboxylic acids is 1. The summed E-state index contributed by atoms with van der Waals surface area (Å²) in [4.78, 5) is 10.7. The molecule has 72 valence electrons. The Morgan fingerprint density at radius 2 is 2.17 bits per heavy atom. The highest BCUT2D eigenvalue weighted by Crippen LogP contribution is 1.78. The smallest absolute Gasteiger partial charge is 0.233 e. The van der Waals surface area contributed by atoms with E-state index >= 15 is 0 Å². The number of rotatable bonds is 6. The minimum absolute atomic E-state index is 0.0442. The van der Waals surface area contributed by atoms with Crippen molar-refractivity contribution in [1.82, 2.24) is 10.6 Å². The molecule has 0 aromatic heterocycles. The van der Waals surface area contributed by atoms with Gasteiger partial charge < -0.3 is 10.6 Å². The summed E-state index contributed by atoms with van der Waals surface area (Å²) < 4.78 is 10.9. The molecule has 1 unspecified atom stereocenters. The third-order valence-electron chi connectivity index (χ3n) is 1.39. The largest absolute Gasteiger partial charge is 0.358 e. The van der Waals surface area contributed by atoms with Crippen LogP contribution in [0.5, 0.6) is 0 Å². The summed E-state index contributed by atoms with van der Waals surface area (Å²) in [6, 6.07) is 0. The van der Waals surface area contributed by atoms with Crippen molar-refractivity contribution in [1.29, 1.82) is 0 Å². The van der Waals surface area contributed by atoms with Crippen LogP contribution >= 0.6 is 0 Å². The molecule has 1 atom stereocenters. The molecule has 0 heterocycles. The van der Waals surface area contributed by atoms with Gasteiger partial charge in [0.15, 0.2) is 0 Å². The maximum absolute atomic E-state index is 10.9. The van der Waals surface area contributed by atoms with Crippen LogP contribution in [0.25, 0.3) is 0 Å². The van der Waals surface area contributed by atoms with E-state index in [2.05, 4.69) is 10.6 Å². The molecule has 0 saturated heterocycles. The first kappa shape index (κ1) is 11.6. The van der Waals surface area contributed by atoms with Crippen molar-refractivity contribution >= 4 is 16.7 Å². The first-order valence-corrected chi connectivity index (χ1v) is 5.45. The van der Waals surface area contributed by atoms with E-state index in [0.29, 0.717) is 24.6 Å². The van der Waals surface area contributed by atoms with Crippen molar-refractivity contribution in [2.24, 2.45) is 0 Å². The van der Waals surface area contributed by atoms with Crippen LogP contribution in [0.15, 0.2) is 0 Å². The number of hydrogen-bond donors (Lipinski definition) is 2. The van der Waals surface area contributed by atoms with Gasteiger partial charge in [-0.1, -0.05) is 6.92 Å². The van der Waals surface area contributed by atoms with Gasteiger partial charge in [-0.3, -0.25) is 9.00 Å². The predicted molar refractivity (Wildman–Crippen MR) is 50.5 cm³/mol. The number of nitrogens with one attached hydrogen (secondary N) is 2. The Bertz CT molecular complexity index is 143. The van der Waals surface area contributed by atoms with Crippen molar-refractivity contribution < 1.29 is 9.00 Å². The van der Waals surface area contributed by atoms with E-state index in [-0.39, 0.29) is 5.91 Å². The van der Waals surface area contributed by atoms with E-state index in [0.717, 1.165) is 0 Å². The van der Waals surface area contributed by atoms with E-state index < -0.39 is 10.8 Å². The fourth-order valence-corrected chi connectivity index (χ4v) is 1.28. The monoisotopic (exact) mass is 192 g/mol. The van der Waals surface area contributed by atoms with Crippen LogP contribution in [-0.2, 0) is 15.6 Å². The van der Waals surface area contributed by atoms with Gasteiger partial charge in [0.1, 0.15) is 0 Å². The topological polar surface area (TPSA) is 58.2 Å². The van der Waals surface area contributed by atoms with Gasteiger partial charge in [-0.2, -0.15) is 0 Å². The van der Waals surface area contributed by atoms with Gasteiger partial charge in [-0.05, 0) is 0 Å². The van der Waals surface area contributed by atoms with Crippen molar-refractivity contribution in [2.45, 2.75) is 6.92 Å². The quantitative estimate of drug-likeness (QED) is 0.536. The highest BCUT2D eigenvalue weighted by atomic mass is 32.2. The maximum Gasteiger partial charge on any atom is 0.233 e. The molecule has 12 heavy (non-hydrogen) atoms. The van der Waals surface area contributed by atoms with Crippen molar-refractivity contribution in [2.75, 3.05) is 31.6 Å². The average Bonchev–Trinajstić information content (AvgIpc) is 2.11. The molecule has 2 N–H and O–H groups in total. The van der Waals surface area contributed by atoms with Crippen molar-refractivity contribution in [3.8, 4) is 0 Å². The van der Waals surface area contributed by atoms with Crippen LogP contribution in [0.2, 0.25) is 0 Å². The van der Waals surface area contributed by atoms with Crippen LogP contribution in [0.1, 0.15) is 6.92 Å². The minimum Gasteiger partial charge on any atom is -0.358 e. The SMILES string of the molecule is CCS(=O)CCNCC(=O)NC. The summed E-state index contributed by atoms with van der Waals surface area (Å²) in [6.45, 7) is 2.82. The van der Waals surface area contributed by atoms with Crippen LogP contribution in [-0.4, -0.2) is 41.8 Å². The van der Waals surface area contributed by atoms with E-state index in [1.165, 1.54) is 0 Å². The summed E-state index contributed by atoms with van der Waals surface area (Å²) >= 11 is 0. The molecule has 0 aromatic rings. The first-order valence-electron chi connectivity index (χ1n) is 3.97. The third kappa shape index (κ3) is 6.30. The van der Waals surface area contributed by atoms with E-state index in [1.54, 1.807) is 7.05 Å². The first-order chi connectivity index (χ1) is 5.70. The fraction of sp³-hybridized carbons (Fsp3) is 0.857. The molecular weight excluding hydrogens is 176 g/mol. The Morgan fingerprint density at radius 1 is 1.50 bits per heavy atom. The average molecular weight is 192 g/mol. The van der Waals surface area contributed by atoms with Gasteiger partial charge in [0, 0.05) is 35.9 Å². The van der Waals surface area contributed by atoms with Crippen LogP contribution in [0.4, 0.5) is 0 Å². The second kappa shape index (κ2) is 7.24. The molecule has 0 bridgehead atoms. The molecular formula is C7H16N2O2S. The Kier molecular flexibility index (Phi) is 6.99. The van der Waals surface area contributed by atoms with Gasteiger partial charge in [-0.25, -0.2) is 0 Å².